The normalized spacial score (nSPS) is 29.2. The number of hydrogen-bond acceptors (Lipinski definition) is 4. The van der Waals surface area contributed by atoms with Crippen LogP contribution in [0.3, 0.4) is 0 Å². The van der Waals surface area contributed by atoms with Gasteiger partial charge in [-0.25, -0.2) is 4.39 Å². The van der Waals surface area contributed by atoms with Gasteiger partial charge in [-0.1, -0.05) is 6.42 Å². The molecule has 2 aliphatic rings. The second-order valence-corrected chi connectivity index (χ2v) is 5.27. The van der Waals surface area contributed by atoms with Crippen LogP contribution >= 0.6 is 0 Å². The molecule has 3 heterocycles. The van der Waals surface area contributed by atoms with Gasteiger partial charge in [0.15, 0.2) is 0 Å². The standard InChI is InChI=1S/C12H19FN4O/c13-9-6-16(7-10(9)18)8-12-15-14-11-4-2-1-3-5-17(11)12/h9-10,18H,1-8H2/t9-,10-/m1/s1. The molecule has 0 aliphatic carbocycles. The van der Waals surface area contributed by atoms with Crippen molar-refractivity contribution in [2.24, 2.45) is 0 Å². The van der Waals surface area contributed by atoms with E-state index >= 15 is 0 Å². The lowest BCUT2D eigenvalue weighted by Gasteiger charge is -2.14. The highest BCUT2D eigenvalue weighted by Gasteiger charge is 2.32. The zero-order valence-corrected chi connectivity index (χ0v) is 10.4. The van der Waals surface area contributed by atoms with Gasteiger partial charge < -0.3 is 9.67 Å². The van der Waals surface area contributed by atoms with Crippen LogP contribution in [0.4, 0.5) is 4.39 Å². The molecular weight excluding hydrogens is 235 g/mol. The Hall–Kier alpha value is -1.01. The fraction of sp³-hybridized carbons (Fsp3) is 0.833. The predicted octanol–water partition coefficient (Wildman–Crippen LogP) is 0.519. The molecule has 5 nitrogen and oxygen atoms in total. The first-order valence-corrected chi connectivity index (χ1v) is 6.69. The minimum atomic E-state index is -1.13. The van der Waals surface area contributed by atoms with E-state index < -0.39 is 12.3 Å². The maximum atomic E-state index is 13.3. The molecule has 0 saturated carbocycles. The summed E-state index contributed by atoms with van der Waals surface area (Å²) in [5.74, 6) is 1.97. The Morgan fingerprint density at radius 3 is 2.89 bits per heavy atom. The molecule has 0 spiro atoms. The van der Waals surface area contributed by atoms with Crippen molar-refractivity contribution in [2.75, 3.05) is 13.1 Å². The van der Waals surface area contributed by atoms with E-state index in [1.807, 2.05) is 4.90 Å². The number of alkyl halides is 1. The lowest BCUT2D eigenvalue weighted by Crippen LogP contribution is -2.24. The number of aliphatic hydroxyl groups excluding tert-OH is 1. The molecule has 2 aliphatic heterocycles. The molecule has 18 heavy (non-hydrogen) atoms. The summed E-state index contributed by atoms with van der Waals surface area (Å²) in [4.78, 5) is 1.91. The summed E-state index contributed by atoms with van der Waals surface area (Å²) in [5, 5.41) is 17.9. The zero-order chi connectivity index (χ0) is 12.5. The average Bonchev–Trinajstić information content (AvgIpc) is 2.76. The van der Waals surface area contributed by atoms with E-state index in [4.69, 9.17) is 0 Å². The molecule has 0 amide bonds. The van der Waals surface area contributed by atoms with Gasteiger partial charge in [-0.3, -0.25) is 4.90 Å². The lowest BCUT2D eigenvalue weighted by atomic mass is 10.2. The molecule has 2 atom stereocenters. The van der Waals surface area contributed by atoms with Crippen LogP contribution in [0.1, 0.15) is 30.9 Å². The van der Waals surface area contributed by atoms with Crippen LogP contribution in [0.15, 0.2) is 0 Å². The minimum Gasteiger partial charge on any atom is -0.389 e. The molecule has 1 aromatic rings. The van der Waals surface area contributed by atoms with Crippen molar-refractivity contribution in [1.29, 1.82) is 0 Å². The molecule has 0 bridgehead atoms. The summed E-state index contributed by atoms with van der Waals surface area (Å²) < 4.78 is 15.4. The summed E-state index contributed by atoms with van der Waals surface area (Å²) in [6.45, 7) is 2.24. The highest BCUT2D eigenvalue weighted by atomic mass is 19.1. The number of halogens is 1. The van der Waals surface area contributed by atoms with Crippen LogP contribution in [-0.4, -0.2) is 50.1 Å². The number of fused-ring (bicyclic) bond motifs is 1. The van der Waals surface area contributed by atoms with Crippen LogP contribution in [0, 0.1) is 0 Å². The SMILES string of the molecule is O[C@@H]1CN(Cc2nnc3n2CCCCC3)C[C@H]1F. The van der Waals surface area contributed by atoms with Crippen molar-refractivity contribution in [1.82, 2.24) is 19.7 Å². The van der Waals surface area contributed by atoms with Crippen LogP contribution < -0.4 is 0 Å². The number of aryl methyl sites for hydroxylation is 1. The average molecular weight is 254 g/mol. The van der Waals surface area contributed by atoms with Gasteiger partial charge in [0.2, 0.25) is 0 Å². The summed E-state index contributed by atoms with van der Waals surface area (Å²) in [7, 11) is 0. The predicted molar refractivity (Wildman–Crippen MR) is 63.8 cm³/mol. The molecule has 1 saturated heterocycles. The third kappa shape index (κ3) is 2.27. The zero-order valence-electron chi connectivity index (χ0n) is 10.4. The van der Waals surface area contributed by atoms with Gasteiger partial charge in [-0.2, -0.15) is 0 Å². The van der Waals surface area contributed by atoms with Crippen molar-refractivity contribution in [3.8, 4) is 0 Å². The summed E-state index contributed by atoms with van der Waals surface area (Å²) in [6.07, 6.45) is 2.58. The van der Waals surface area contributed by atoms with Crippen molar-refractivity contribution in [2.45, 2.75) is 51.0 Å². The van der Waals surface area contributed by atoms with Crippen molar-refractivity contribution in [3.63, 3.8) is 0 Å². The number of aliphatic hydroxyl groups is 1. The number of hydrogen-bond donors (Lipinski definition) is 1. The molecule has 6 heteroatoms. The Bertz CT molecular complexity index is 412. The van der Waals surface area contributed by atoms with Crippen molar-refractivity contribution >= 4 is 0 Å². The topological polar surface area (TPSA) is 54.2 Å². The first-order chi connectivity index (χ1) is 8.74. The van der Waals surface area contributed by atoms with E-state index in [0.717, 1.165) is 31.0 Å². The maximum Gasteiger partial charge on any atom is 0.147 e. The monoisotopic (exact) mass is 254 g/mol. The summed E-state index contributed by atoms with van der Waals surface area (Å²) in [5.41, 5.74) is 0. The molecule has 1 fully saturated rings. The van der Waals surface area contributed by atoms with Crippen LogP contribution in [0.2, 0.25) is 0 Å². The first-order valence-electron chi connectivity index (χ1n) is 6.69. The van der Waals surface area contributed by atoms with Gasteiger partial charge in [-0.05, 0) is 12.8 Å². The number of aromatic nitrogens is 3. The van der Waals surface area contributed by atoms with Crippen LogP contribution in [-0.2, 0) is 19.5 Å². The number of likely N-dealkylation sites (tertiary alicyclic amines) is 1. The molecule has 0 aromatic carbocycles. The smallest absolute Gasteiger partial charge is 0.147 e. The Morgan fingerprint density at radius 1 is 1.22 bits per heavy atom. The number of β-amino-alcohol motifs (C(OH)–C–C–N with tert-alkyl or cyclic N) is 1. The highest BCUT2D eigenvalue weighted by molar-refractivity contribution is 4.99. The van der Waals surface area contributed by atoms with Gasteiger partial charge in [-0.15, -0.1) is 10.2 Å². The Morgan fingerprint density at radius 2 is 2.11 bits per heavy atom. The third-order valence-electron chi connectivity index (χ3n) is 3.85. The quantitative estimate of drug-likeness (QED) is 0.836. The second-order valence-electron chi connectivity index (χ2n) is 5.27. The second kappa shape index (κ2) is 4.93. The molecule has 3 rings (SSSR count). The van der Waals surface area contributed by atoms with Crippen LogP contribution in [0.25, 0.3) is 0 Å². The summed E-state index contributed by atoms with van der Waals surface area (Å²) >= 11 is 0. The van der Waals surface area contributed by atoms with E-state index in [-0.39, 0.29) is 0 Å². The van der Waals surface area contributed by atoms with E-state index in [0.29, 0.717) is 19.6 Å². The molecule has 0 radical (unpaired) electrons. The number of nitrogens with zero attached hydrogens (tertiary/aromatic N) is 4. The van der Waals surface area contributed by atoms with Crippen LogP contribution in [0.5, 0.6) is 0 Å². The Balaban J connectivity index is 1.72. The molecule has 100 valence electrons. The maximum absolute atomic E-state index is 13.3. The van der Waals surface area contributed by atoms with Crippen molar-refractivity contribution < 1.29 is 9.50 Å². The molecule has 0 unspecified atom stereocenters. The third-order valence-corrected chi connectivity index (χ3v) is 3.85. The largest absolute Gasteiger partial charge is 0.389 e. The van der Waals surface area contributed by atoms with E-state index in [2.05, 4.69) is 14.8 Å². The Labute approximate surface area is 106 Å². The van der Waals surface area contributed by atoms with Gasteiger partial charge >= 0.3 is 0 Å². The number of rotatable bonds is 2. The van der Waals surface area contributed by atoms with Gasteiger partial charge in [0.1, 0.15) is 17.8 Å². The van der Waals surface area contributed by atoms with Gasteiger partial charge in [0.05, 0.1) is 12.6 Å². The lowest BCUT2D eigenvalue weighted by molar-refractivity contribution is 0.115. The van der Waals surface area contributed by atoms with E-state index in [1.165, 1.54) is 12.8 Å². The van der Waals surface area contributed by atoms with Gasteiger partial charge in [0.25, 0.3) is 0 Å². The summed E-state index contributed by atoms with van der Waals surface area (Å²) in [6, 6.07) is 0. The molecule has 1 aromatic heterocycles. The van der Waals surface area contributed by atoms with Crippen molar-refractivity contribution in [3.05, 3.63) is 11.6 Å². The minimum absolute atomic E-state index is 0.295. The Kier molecular flexibility index (Phi) is 3.30. The highest BCUT2D eigenvalue weighted by Crippen LogP contribution is 2.19. The fourth-order valence-electron chi connectivity index (χ4n) is 2.81. The molecule has 1 N–H and O–H groups in total. The first kappa shape index (κ1) is 12.0. The van der Waals surface area contributed by atoms with Gasteiger partial charge in [0, 0.05) is 26.1 Å². The molecular formula is C12H19FN4O. The van der Waals surface area contributed by atoms with E-state index in [1.54, 1.807) is 0 Å². The fourth-order valence-corrected chi connectivity index (χ4v) is 2.81. The van der Waals surface area contributed by atoms with E-state index in [9.17, 15) is 9.50 Å².